The zero-order valence-corrected chi connectivity index (χ0v) is 10.2. The van der Waals surface area contributed by atoms with Crippen LogP contribution in [0.2, 0.25) is 0 Å². The van der Waals surface area contributed by atoms with Gasteiger partial charge in [-0.1, -0.05) is 6.07 Å². The van der Waals surface area contributed by atoms with Crippen molar-refractivity contribution in [3.05, 3.63) is 33.9 Å². The molecule has 0 spiro atoms. The van der Waals surface area contributed by atoms with Gasteiger partial charge in [0.2, 0.25) is 0 Å². The van der Waals surface area contributed by atoms with Crippen LogP contribution in [0.1, 0.15) is 16.8 Å². The Hall–Kier alpha value is -1.40. The molecule has 1 aromatic carbocycles. The molecule has 0 heterocycles. The van der Waals surface area contributed by atoms with Gasteiger partial charge in [0.1, 0.15) is 6.29 Å². The van der Waals surface area contributed by atoms with Gasteiger partial charge in [-0.05, 0) is 12.5 Å². The summed E-state index contributed by atoms with van der Waals surface area (Å²) >= 11 is 1.40. The molecule has 0 amide bonds. The summed E-state index contributed by atoms with van der Waals surface area (Å²) in [5.74, 6) is 0.745. The van der Waals surface area contributed by atoms with Crippen molar-refractivity contribution in [3.8, 4) is 0 Å². The van der Waals surface area contributed by atoms with E-state index in [2.05, 4.69) is 0 Å². The molecular weight excluding hydrogens is 242 g/mol. The van der Waals surface area contributed by atoms with Gasteiger partial charge in [0.25, 0.3) is 5.69 Å². The van der Waals surface area contributed by atoms with Gasteiger partial charge in [-0.15, -0.1) is 11.8 Å². The fourth-order valence-corrected chi connectivity index (χ4v) is 2.19. The number of carbonyl (C=O) groups is 1. The second kappa shape index (κ2) is 7.03. The smallest absolute Gasteiger partial charge is 0.283 e. The number of carbonyl (C=O) groups excluding carboxylic acids is 1. The summed E-state index contributed by atoms with van der Waals surface area (Å²) in [5, 5.41) is 10.8. The van der Waals surface area contributed by atoms with E-state index in [1.807, 2.05) is 0 Å². The van der Waals surface area contributed by atoms with Gasteiger partial charge >= 0.3 is 0 Å². The molecule has 0 fully saturated rings. The lowest BCUT2D eigenvalue weighted by Crippen LogP contribution is -1.95. The zero-order valence-electron chi connectivity index (χ0n) is 9.42. The molecule has 0 aromatic heterocycles. The Bertz CT molecular complexity index is 408. The highest BCUT2D eigenvalue weighted by molar-refractivity contribution is 7.99. The van der Waals surface area contributed by atoms with Crippen molar-refractivity contribution in [1.82, 2.24) is 0 Å². The van der Waals surface area contributed by atoms with Gasteiger partial charge in [-0.2, -0.15) is 0 Å². The van der Waals surface area contributed by atoms with Gasteiger partial charge < -0.3 is 4.74 Å². The lowest BCUT2D eigenvalue weighted by molar-refractivity contribution is -0.387. The number of thioether (sulfide) groups is 1. The number of hydrogen-bond donors (Lipinski definition) is 0. The van der Waals surface area contributed by atoms with Gasteiger partial charge in [0, 0.05) is 31.1 Å². The maximum Gasteiger partial charge on any atom is 0.283 e. The number of rotatable bonds is 7. The van der Waals surface area contributed by atoms with Crippen molar-refractivity contribution in [3.63, 3.8) is 0 Å². The highest BCUT2D eigenvalue weighted by Crippen LogP contribution is 2.30. The highest BCUT2D eigenvalue weighted by atomic mass is 32.2. The van der Waals surface area contributed by atoms with E-state index in [9.17, 15) is 14.9 Å². The van der Waals surface area contributed by atoms with E-state index in [-0.39, 0.29) is 5.69 Å². The summed E-state index contributed by atoms with van der Waals surface area (Å²) in [4.78, 5) is 21.5. The van der Waals surface area contributed by atoms with E-state index in [0.717, 1.165) is 12.2 Å². The van der Waals surface area contributed by atoms with Crippen LogP contribution in [-0.2, 0) is 4.74 Å². The molecular formula is C11H13NO4S. The van der Waals surface area contributed by atoms with Gasteiger partial charge in [-0.25, -0.2) is 0 Å². The lowest BCUT2D eigenvalue weighted by Gasteiger charge is -2.03. The lowest BCUT2D eigenvalue weighted by atomic mass is 10.2. The summed E-state index contributed by atoms with van der Waals surface area (Å²) in [7, 11) is 1.62. The van der Waals surface area contributed by atoms with E-state index < -0.39 is 4.92 Å². The molecule has 0 bridgehead atoms. The summed E-state index contributed by atoms with van der Waals surface area (Å²) in [6, 6.07) is 4.49. The quantitative estimate of drug-likeness (QED) is 0.246. The van der Waals surface area contributed by atoms with Gasteiger partial charge in [0.05, 0.1) is 9.82 Å². The predicted molar refractivity (Wildman–Crippen MR) is 65.7 cm³/mol. The third-order valence-corrected chi connectivity index (χ3v) is 3.22. The highest BCUT2D eigenvalue weighted by Gasteiger charge is 2.14. The number of aldehydes is 1. The van der Waals surface area contributed by atoms with Crippen LogP contribution in [0.25, 0.3) is 0 Å². The molecule has 0 aliphatic rings. The second-order valence-corrected chi connectivity index (χ2v) is 4.43. The number of benzene rings is 1. The van der Waals surface area contributed by atoms with Crippen molar-refractivity contribution in [2.45, 2.75) is 11.3 Å². The Labute approximate surface area is 103 Å². The van der Waals surface area contributed by atoms with Crippen molar-refractivity contribution >= 4 is 23.7 Å². The van der Waals surface area contributed by atoms with Crippen molar-refractivity contribution in [1.29, 1.82) is 0 Å². The first-order chi connectivity index (χ1) is 8.19. The third kappa shape index (κ3) is 4.16. The molecule has 0 saturated carbocycles. The number of nitro groups is 1. The number of ether oxygens (including phenoxy) is 1. The fourth-order valence-electron chi connectivity index (χ4n) is 1.26. The Kier molecular flexibility index (Phi) is 5.65. The molecule has 1 aromatic rings. The maximum atomic E-state index is 10.8. The molecule has 0 unspecified atom stereocenters. The van der Waals surface area contributed by atoms with Crippen LogP contribution in [0.5, 0.6) is 0 Å². The first-order valence-corrected chi connectivity index (χ1v) is 6.03. The first-order valence-electron chi connectivity index (χ1n) is 5.04. The third-order valence-electron chi connectivity index (χ3n) is 2.07. The average molecular weight is 255 g/mol. The first kappa shape index (κ1) is 13.7. The maximum absolute atomic E-state index is 10.8. The monoisotopic (exact) mass is 255 g/mol. The van der Waals surface area contributed by atoms with E-state index in [4.69, 9.17) is 4.74 Å². The van der Waals surface area contributed by atoms with Gasteiger partial charge in [-0.3, -0.25) is 14.9 Å². The molecule has 0 radical (unpaired) electrons. The summed E-state index contributed by atoms with van der Waals surface area (Å²) in [6.45, 7) is 0.632. The summed E-state index contributed by atoms with van der Waals surface area (Å²) in [6.07, 6.45) is 1.43. The second-order valence-electron chi connectivity index (χ2n) is 3.30. The molecule has 5 nitrogen and oxygen atoms in total. The van der Waals surface area contributed by atoms with Gasteiger partial charge in [0.15, 0.2) is 0 Å². The minimum atomic E-state index is -0.467. The number of methoxy groups -OCH3 is 1. The Morgan fingerprint density at radius 2 is 2.29 bits per heavy atom. The Morgan fingerprint density at radius 3 is 2.88 bits per heavy atom. The van der Waals surface area contributed by atoms with Crippen LogP contribution >= 0.6 is 11.8 Å². The normalized spacial score (nSPS) is 10.2. The fraction of sp³-hybridized carbons (Fsp3) is 0.364. The van der Waals surface area contributed by atoms with Crippen LogP contribution in [0.4, 0.5) is 5.69 Å². The zero-order chi connectivity index (χ0) is 12.7. The SMILES string of the molecule is COCCCSc1ccc(C=O)cc1[N+](=O)[O-]. The topological polar surface area (TPSA) is 69.4 Å². The number of nitro benzene ring substituents is 1. The molecule has 17 heavy (non-hydrogen) atoms. The molecule has 0 atom stereocenters. The van der Waals surface area contributed by atoms with Crippen LogP contribution in [-0.4, -0.2) is 30.7 Å². The molecule has 0 aliphatic carbocycles. The van der Waals surface area contributed by atoms with Crippen molar-refractivity contribution in [2.75, 3.05) is 19.5 Å². The Balaban J connectivity index is 2.76. The van der Waals surface area contributed by atoms with E-state index >= 15 is 0 Å². The van der Waals surface area contributed by atoms with Crippen LogP contribution in [0.3, 0.4) is 0 Å². The minimum Gasteiger partial charge on any atom is -0.385 e. The number of nitrogens with zero attached hydrogens (tertiary/aromatic N) is 1. The van der Waals surface area contributed by atoms with E-state index in [1.165, 1.54) is 17.8 Å². The van der Waals surface area contributed by atoms with Crippen molar-refractivity contribution < 1.29 is 14.5 Å². The van der Waals surface area contributed by atoms with Crippen LogP contribution in [0.15, 0.2) is 23.1 Å². The average Bonchev–Trinajstić information content (AvgIpc) is 2.34. The predicted octanol–water partition coefficient (Wildman–Crippen LogP) is 2.54. The minimum absolute atomic E-state index is 0.0167. The molecule has 1 rings (SSSR count). The summed E-state index contributed by atoms with van der Waals surface area (Å²) < 4.78 is 4.90. The molecule has 0 aliphatic heterocycles. The Morgan fingerprint density at radius 1 is 1.53 bits per heavy atom. The number of hydrogen-bond acceptors (Lipinski definition) is 5. The molecule has 0 saturated heterocycles. The molecule has 92 valence electrons. The van der Waals surface area contributed by atoms with Crippen molar-refractivity contribution in [2.24, 2.45) is 0 Å². The molecule has 6 heteroatoms. The largest absolute Gasteiger partial charge is 0.385 e. The molecule has 0 N–H and O–H groups in total. The van der Waals surface area contributed by atoms with Crippen LogP contribution < -0.4 is 0 Å². The standard InChI is InChI=1S/C11H13NO4S/c1-16-5-2-6-17-11-4-3-9(8-13)7-10(11)12(14)15/h3-4,7-8H,2,5-6H2,1H3. The van der Waals surface area contributed by atoms with E-state index in [1.54, 1.807) is 19.2 Å². The van der Waals surface area contributed by atoms with E-state index in [0.29, 0.717) is 23.4 Å². The van der Waals surface area contributed by atoms with Crippen LogP contribution in [0, 0.1) is 10.1 Å². The summed E-state index contributed by atoms with van der Waals surface area (Å²) in [5.41, 5.74) is 0.301.